The summed E-state index contributed by atoms with van der Waals surface area (Å²) in [4.78, 5) is 13.8. The summed E-state index contributed by atoms with van der Waals surface area (Å²) in [6.07, 6.45) is 3.43. The van der Waals surface area contributed by atoms with Crippen LogP contribution >= 0.6 is 0 Å². The summed E-state index contributed by atoms with van der Waals surface area (Å²) >= 11 is 0. The molecule has 2 atom stereocenters. The first-order chi connectivity index (χ1) is 10.7. The lowest BCUT2D eigenvalue weighted by molar-refractivity contribution is 0.556. The van der Waals surface area contributed by atoms with Crippen molar-refractivity contribution in [2.24, 2.45) is 10.7 Å². The number of aliphatic imine (C=N–C) groups is 1. The summed E-state index contributed by atoms with van der Waals surface area (Å²) in [6.45, 7) is 4.09. The van der Waals surface area contributed by atoms with Crippen molar-refractivity contribution in [3.8, 4) is 0 Å². The van der Waals surface area contributed by atoms with Crippen LogP contribution in [0.1, 0.15) is 49.9 Å². The Morgan fingerprint density at radius 3 is 1.82 bits per heavy atom. The van der Waals surface area contributed by atoms with Crippen LogP contribution < -0.4 is 5.73 Å². The van der Waals surface area contributed by atoms with Gasteiger partial charge in [0.05, 0.1) is 6.04 Å². The summed E-state index contributed by atoms with van der Waals surface area (Å²) in [7, 11) is 0. The van der Waals surface area contributed by atoms with Crippen LogP contribution in [0.25, 0.3) is 0 Å². The summed E-state index contributed by atoms with van der Waals surface area (Å²) in [5.41, 5.74) is 8.09. The first kappa shape index (κ1) is 17.8. The van der Waals surface area contributed by atoms with Gasteiger partial charge in [-0.1, -0.05) is 74.5 Å². The second-order valence-corrected chi connectivity index (χ2v) is 4.98. The molecule has 0 amide bonds. The molecule has 0 aliphatic carbocycles. The minimum atomic E-state index is -0.0244. The van der Waals surface area contributed by atoms with Crippen molar-refractivity contribution in [1.82, 2.24) is 0 Å². The molecule has 0 aromatic heterocycles. The molecule has 22 heavy (non-hydrogen) atoms. The van der Waals surface area contributed by atoms with Crippen molar-refractivity contribution in [2.45, 2.75) is 38.8 Å². The van der Waals surface area contributed by atoms with E-state index in [1.165, 1.54) is 5.56 Å². The normalized spacial score (nSPS) is 12.3. The highest BCUT2D eigenvalue weighted by Crippen LogP contribution is 2.19. The molecular formula is C19H24N2O. The fraction of sp³-hybridized carbons (Fsp3) is 0.316. The van der Waals surface area contributed by atoms with Gasteiger partial charge in [-0.2, -0.15) is 4.99 Å². The molecule has 2 aromatic rings. The van der Waals surface area contributed by atoms with Crippen LogP contribution in [-0.2, 0) is 4.79 Å². The Hall–Kier alpha value is -2.22. The Morgan fingerprint density at radius 2 is 1.41 bits per heavy atom. The molecule has 116 valence electrons. The number of nitrogens with zero attached hydrogens (tertiary/aromatic N) is 1. The van der Waals surface area contributed by atoms with Crippen molar-refractivity contribution in [3.63, 3.8) is 0 Å². The van der Waals surface area contributed by atoms with Gasteiger partial charge in [-0.25, -0.2) is 4.79 Å². The Balaban J connectivity index is 0.000000224. The predicted octanol–water partition coefficient (Wildman–Crippen LogP) is 4.57. The summed E-state index contributed by atoms with van der Waals surface area (Å²) in [6, 6.07) is 20.1. The quantitative estimate of drug-likeness (QED) is 0.649. The van der Waals surface area contributed by atoms with E-state index < -0.39 is 0 Å². The Morgan fingerprint density at radius 1 is 0.909 bits per heavy atom. The lowest BCUT2D eigenvalue weighted by atomic mass is 10.1. The number of benzene rings is 2. The van der Waals surface area contributed by atoms with E-state index in [0.717, 1.165) is 18.4 Å². The molecule has 0 spiro atoms. The molecule has 2 rings (SSSR count). The lowest BCUT2D eigenvalue weighted by Gasteiger charge is -2.06. The molecule has 0 saturated carbocycles. The molecule has 0 bridgehead atoms. The van der Waals surface area contributed by atoms with Crippen LogP contribution in [0.2, 0.25) is 0 Å². The molecule has 2 N–H and O–H groups in total. The van der Waals surface area contributed by atoms with Gasteiger partial charge in [0.2, 0.25) is 6.08 Å². The van der Waals surface area contributed by atoms with Gasteiger partial charge in [0.1, 0.15) is 0 Å². The van der Waals surface area contributed by atoms with E-state index in [1.807, 2.05) is 55.5 Å². The van der Waals surface area contributed by atoms with Gasteiger partial charge >= 0.3 is 0 Å². The monoisotopic (exact) mass is 296 g/mol. The third-order valence-corrected chi connectivity index (χ3v) is 3.45. The average Bonchev–Trinajstić information content (AvgIpc) is 2.61. The van der Waals surface area contributed by atoms with E-state index >= 15 is 0 Å². The van der Waals surface area contributed by atoms with Gasteiger partial charge in [0, 0.05) is 6.04 Å². The van der Waals surface area contributed by atoms with Gasteiger partial charge in [-0.3, -0.25) is 0 Å². The molecular weight excluding hydrogens is 272 g/mol. The van der Waals surface area contributed by atoms with Crippen LogP contribution in [0.15, 0.2) is 65.7 Å². The second-order valence-electron chi connectivity index (χ2n) is 4.98. The fourth-order valence-electron chi connectivity index (χ4n) is 2.08. The van der Waals surface area contributed by atoms with E-state index in [0.29, 0.717) is 0 Å². The Labute approximate surface area is 132 Å². The van der Waals surface area contributed by atoms with E-state index in [-0.39, 0.29) is 12.1 Å². The van der Waals surface area contributed by atoms with Crippen molar-refractivity contribution >= 4 is 6.08 Å². The Bertz CT molecular complexity index is 563. The number of isocyanates is 1. The van der Waals surface area contributed by atoms with Crippen molar-refractivity contribution in [2.75, 3.05) is 0 Å². The van der Waals surface area contributed by atoms with Crippen LogP contribution in [0.3, 0.4) is 0 Å². The molecule has 2 aromatic carbocycles. The standard InChI is InChI=1S/C10H11NO.C9H13N/c1-2-10(11-8-12)9-6-4-3-5-7-9;1-2-9(10)8-6-4-3-5-7-8/h3-7,10H,2H2,1H3;3-7,9H,2,10H2,1H3/t10-;9-/m11/s1. The highest BCUT2D eigenvalue weighted by Gasteiger charge is 2.04. The van der Waals surface area contributed by atoms with Gasteiger partial charge in [0.15, 0.2) is 0 Å². The third-order valence-electron chi connectivity index (χ3n) is 3.45. The highest BCUT2D eigenvalue weighted by molar-refractivity contribution is 5.35. The SMILES string of the molecule is CC[C@@H](N)c1ccccc1.CC[C@@H](N=C=O)c1ccccc1. The van der Waals surface area contributed by atoms with E-state index in [2.05, 4.69) is 24.0 Å². The molecule has 0 aliphatic rings. The number of hydrogen-bond donors (Lipinski definition) is 1. The van der Waals surface area contributed by atoms with Crippen LogP contribution in [0, 0.1) is 0 Å². The van der Waals surface area contributed by atoms with Gasteiger partial charge in [0.25, 0.3) is 0 Å². The highest BCUT2D eigenvalue weighted by atomic mass is 16.1. The smallest absolute Gasteiger partial charge is 0.235 e. The predicted molar refractivity (Wildman–Crippen MR) is 91.3 cm³/mol. The minimum Gasteiger partial charge on any atom is -0.324 e. The summed E-state index contributed by atoms with van der Waals surface area (Å²) in [5.74, 6) is 0. The number of nitrogens with two attached hydrogens (primary N) is 1. The molecule has 3 nitrogen and oxygen atoms in total. The lowest BCUT2D eigenvalue weighted by Crippen LogP contribution is -2.07. The van der Waals surface area contributed by atoms with E-state index in [9.17, 15) is 4.79 Å². The summed E-state index contributed by atoms with van der Waals surface area (Å²) < 4.78 is 0. The maximum Gasteiger partial charge on any atom is 0.235 e. The molecule has 0 unspecified atom stereocenters. The van der Waals surface area contributed by atoms with Crippen LogP contribution in [0.4, 0.5) is 0 Å². The van der Waals surface area contributed by atoms with Gasteiger partial charge in [-0.05, 0) is 24.0 Å². The van der Waals surface area contributed by atoms with Crippen LogP contribution in [-0.4, -0.2) is 6.08 Å². The maximum absolute atomic E-state index is 10.1. The number of rotatable bonds is 5. The Kier molecular flexibility index (Phi) is 8.51. The van der Waals surface area contributed by atoms with Crippen molar-refractivity contribution in [3.05, 3.63) is 71.8 Å². The second kappa shape index (κ2) is 10.5. The minimum absolute atomic E-state index is 0.0244. The molecule has 0 saturated heterocycles. The van der Waals surface area contributed by atoms with Crippen molar-refractivity contribution < 1.29 is 4.79 Å². The number of hydrogen-bond acceptors (Lipinski definition) is 3. The molecule has 0 fully saturated rings. The first-order valence-electron chi connectivity index (χ1n) is 7.65. The maximum atomic E-state index is 10.1. The summed E-state index contributed by atoms with van der Waals surface area (Å²) in [5, 5.41) is 0. The zero-order valence-corrected chi connectivity index (χ0v) is 13.3. The van der Waals surface area contributed by atoms with Crippen LogP contribution in [0.5, 0.6) is 0 Å². The zero-order valence-electron chi connectivity index (χ0n) is 13.3. The topological polar surface area (TPSA) is 55.4 Å². The van der Waals surface area contributed by atoms with E-state index in [4.69, 9.17) is 5.73 Å². The van der Waals surface area contributed by atoms with Gasteiger partial charge in [-0.15, -0.1) is 0 Å². The van der Waals surface area contributed by atoms with Gasteiger partial charge < -0.3 is 5.73 Å². The first-order valence-corrected chi connectivity index (χ1v) is 7.65. The van der Waals surface area contributed by atoms with Crippen molar-refractivity contribution in [1.29, 1.82) is 0 Å². The largest absolute Gasteiger partial charge is 0.324 e. The molecule has 3 heteroatoms. The number of carbonyl (C=O) groups excluding carboxylic acids is 1. The van der Waals surface area contributed by atoms with E-state index in [1.54, 1.807) is 6.08 Å². The zero-order chi connectivity index (χ0) is 16.2. The molecule has 0 radical (unpaired) electrons. The molecule has 0 aliphatic heterocycles. The average molecular weight is 296 g/mol. The third kappa shape index (κ3) is 6.04. The fourth-order valence-corrected chi connectivity index (χ4v) is 2.08. The molecule has 0 heterocycles.